The van der Waals surface area contributed by atoms with Gasteiger partial charge in [0, 0.05) is 0 Å². The minimum atomic E-state index is -1.59. The second-order valence-electron chi connectivity index (χ2n) is 4.11. The molecule has 0 radical (unpaired) electrons. The van der Waals surface area contributed by atoms with Crippen molar-refractivity contribution >= 4 is 15.2 Å². The van der Waals surface area contributed by atoms with Crippen LogP contribution in [0.15, 0.2) is 0 Å². The molecule has 78 valence electrons. The van der Waals surface area contributed by atoms with E-state index in [2.05, 4.69) is 49.5 Å². The van der Waals surface area contributed by atoms with Crippen molar-refractivity contribution < 1.29 is 9.47 Å². The minimum Gasteiger partial charge on any atom is -0.450 e. The monoisotopic (exact) mass is 226 g/mol. The van der Waals surface area contributed by atoms with Crippen LogP contribution in [0.3, 0.4) is 0 Å². The topological polar surface area (TPSA) is 18.5 Å². The minimum absolute atomic E-state index is 1.59. The third kappa shape index (κ3) is 3.49. The Hall–Kier alpha value is -0.846. The highest BCUT2D eigenvalue weighted by molar-refractivity contribution is 7.46. The Labute approximate surface area is 88.8 Å². The van der Waals surface area contributed by atoms with Gasteiger partial charge in [0.05, 0.1) is 14.2 Å². The van der Waals surface area contributed by atoms with E-state index in [-0.39, 0.29) is 0 Å². The first kappa shape index (κ1) is 13.2. The zero-order valence-electron chi connectivity index (χ0n) is 9.82. The summed E-state index contributed by atoms with van der Waals surface area (Å²) in [6, 6.07) is 0. The van der Waals surface area contributed by atoms with Gasteiger partial charge >= 0.3 is 0 Å². The molecule has 0 amide bonds. The summed E-state index contributed by atoms with van der Waals surface area (Å²) >= 11 is 0. The molecule has 0 aliphatic heterocycles. The highest BCUT2D eigenvalue weighted by Crippen LogP contribution is 2.17. The second kappa shape index (κ2) is 5.14. The predicted molar refractivity (Wildman–Crippen MR) is 64.5 cm³/mol. The molecular formula is C10H18O2Si2. The van der Waals surface area contributed by atoms with Crippen molar-refractivity contribution in [1.82, 2.24) is 0 Å². The summed E-state index contributed by atoms with van der Waals surface area (Å²) in [6.07, 6.45) is 5.42. The molecule has 0 heterocycles. The van der Waals surface area contributed by atoms with Crippen LogP contribution in [-0.2, 0) is 9.47 Å². The number of hydrogen-bond acceptors (Lipinski definition) is 2. The lowest BCUT2D eigenvalue weighted by atomic mass is 11.2. The molecule has 14 heavy (non-hydrogen) atoms. The molecule has 0 spiro atoms. The van der Waals surface area contributed by atoms with Crippen LogP contribution >= 0.6 is 0 Å². The van der Waals surface area contributed by atoms with Gasteiger partial charge in [0.15, 0.2) is 0 Å². The zero-order valence-corrected chi connectivity index (χ0v) is 11.8. The van der Waals surface area contributed by atoms with Crippen LogP contribution in [0.2, 0.25) is 26.2 Å². The van der Waals surface area contributed by atoms with E-state index >= 15 is 0 Å². The van der Waals surface area contributed by atoms with Crippen LogP contribution in [0.4, 0.5) is 0 Å². The van der Waals surface area contributed by atoms with Crippen LogP contribution in [0.25, 0.3) is 0 Å². The maximum atomic E-state index is 4.79. The zero-order chi connectivity index (χ0) is 11.2. The highest BCUT2D eigenvalue weighted by atomic mass is 29.3. The normalized spacial score (nSPS) is 10.4. The van der Waals surface area contributed by atoms with Crippen molar-refractivity contribution in [2.75, 3.05) is 14.2 Å². The summed E-state index contributed by atoms with van der Waals surface area (Å²) in [6.45, 7) is 8.93. The third-order valence-electron chi connectivity index (χ3n) is 2.49. The molecule has 0 saturated heterocycles. The Morgan fingerprint density at radius 2 is 1.00 bits per heavy atom. The van der Waals surface area contributed by atoms with Gasteiger partial charge in [-0.1, -0.05) is 37.3 Å². The molecule has 2 nitrogen and oxygen atoms in total. The van der Waals surface area contributed by atoms with Gasteiger partial charge in [-0.2, -0.15) is 0 Å². The second-order valence-corrected chi connectivity index (χ2v) is 18.6. The van der Waals surface area contributed by atoms with Crippen molar-refractivity contribution in [3.05, 3.63) is 0 Å². The van der Waals surface area contributed by atoms with E-state index in [1.54, 1.807) is 14.2 Å². The fraction of sp³-hybridized carbons (Fsp3) is 0.600. The Morgan fingerprint density at radius 1 is 0.714 bits per heavy atom. The van der Waals surface area contributed by atoms with Gasteiger partial charge in [0.2, 0.25) is 0 Å². The van der Waals surface area contributed by atoms with E-state index in [9.17, 15) is 0 Å². The first-order valence-corrected chi connectivity index (χ1v) is 11.5. The molecule has 0 aliphatic carbocycles. The Balaban J connectivity index is 4.86. The van der Waals surface area contributed by atoms with Crippen molar-refractivity contribution in [1.29, 1.82) is 0 Å². The molecule has 0 fully saturated rings. The fourth-order valence-electron chi connectivity index (χ4n) is 0.670. The van der Waals surface area contributed by atoms with E-state index < -0.39 is 15.2 Å². The summed E-state index contributed by atoms with van der Waals surface area (Å²) in [5.74, 6) is 0. The number of rotatable bonds is 1. The molecule has 0 atom stereocenters. The smallest absolute Gasteiger partial charge is 0.142 e. The molecule has 0 unspecified atom stereocenters. The molecule has 0 aromatic carbocycles. The average Bonchev–Trinajstić information content (AvgIpc) is 2.11. The molecule has 4 heteroatoms. The quantitative estimate of drug-likeness (QED) is 0.501. The fourth-order valence-corrected chi connectivity index (χ4v) is 4.19. The van der Waals surface area contributed by atoms with Crippen LogP contribution in [0, 0.1) is 23.3 Å². The first-order valence-electron chi connectivity index (χ1n) is 4.47. The third-order valence-corrected chi connectivity index (χ3v) is 17.2. The lowest BCUT2D eigenvalue weighted by Gasteiger charge is -2.27. The molecular weight excluding hydrogens is 208 g/mol. The Kier molecular flexibility index (Phi) is 4.83. The van der Waals surface area contributed by atoms with Gasteiger partial charge in [-0.15, -0.1) is 0 Å². The Bertz CT molecular complexity index is 268. The maximum Gasteiger partial charge on any atom is 0.142 e. The molecule has 0 aromatic heterocycles. The van der Waals surface area contributed by atoms with E-state index in [0.717, 1.165) is 0 Å². The van der Waals surface area contributed by atoms with Crippen molar-refractivity contribution in [2.24, 2.45) is 0 Å². The maximum absolute atomic E-state index is 4.79. The van der Waals surface area contributed by atoms with Crippen molar-refractivity contribution in [2.45, 2.75) is 26.2 Å². The molecule has 0 N–H and O–H groups in total. The van der Waals surface area contributed by atoms with Gasteiger partial charge in [-0.3, -0.25) is 0 Å². The van der Waals surface area contributed by atoms with E-state index in [1.807, 2.05) is 0 Å². The molecule has 0 aliphatic rings. The first-order chi connectivity index (χ1) is 6.37. The van der Waals surface area contributed by atoms with Crippen LogP contribution in [0.5, 0.6) is 0 Å². The van der Waals surface area contributed by atoms with Crippen LogP contribution < -0.4 is 0 Å². The summed E-state index contributed by atoms with van der Waals surface area (Å²) in [4.78, 5) is 0. The standard InChI is InChI=1S/C10H18O2Si2/c1-11-7-9-13(3,4)14(5,6)10-8-12-2/h1-6H3. The average molecular weight is 226 g/mol. The van der Waals surface area contributed by atoms with E-state index in [1.165, 1.54) is 0 Å². The number of hydrogen-bond donors (Lipinski definition) is 0. The van der Waals surface area contributed by atoms with E-state index in [4.69, 9.17) is 9.47 Å². The Morgan fingerprint density at radius 3 is 1.21 bits per heavy atom. The molecule has 0 bridgehead atoms. The molecule has 0 rings (SSSR count). The van der Waals surface area contributed by atoms with Gasteiger partial charge < -0.3 is 9.47 Å². The van der Waals surface area contributed by atoms with Crippen molar-refractivity contribution in [3.63, 3.8) is 0 Å². The summed E-state index contributed by atoms with van der Waals surface area (Å²) in [5.41, 5.74) is 6.46. The van der Waals surface area contributed by atoms with Gasteiger partial charge in [-0.25, -0.2) is 0 Å². The SMILES string of the molecule is COC#C[Si](C)(C)[Si](C)(C)C#COC. The summed E-state index contributed by atoms with van der Waals surface area (Å²) < 4.78 is 9.59. The van der Waals surface area contributed by atoms with Gasteiger partial charge in [-0.05, 0) is 0 Å². The number of ether oxygens (including phenoxy) is 2. The highest BCUT2D eigenvalue weighted by Gasteiger charge is 2.40. The number of methoxy groups -OCH3 is 2. The summed E-state index contributed by atoms with van der Waals surface area (Å²) in [5, 5.41) is 0. The van der Waals surface area contributed by atoms with Crippen molar-refractivity contribution in [3.8, 4) is 23.3 Å². The summed E-state index contributed by atoms with van der Waals surface area (Å²) in [7, 11) is 0.000325. The predicted octanol–water partition coefficient (Wildman–Crippen LogP) is 1.77. The van der Waals surface area contributed by atoms with E-state index in [0.29, 0.717) is 0 Å². The molecule has 0 saturated carbocycles. The van der Waals surface area contributed by atoms with Crippen LogP contribution in [0.1, 0.15) is 0 Å². The lowest BCUT2D eigenvalue weighted by molar-refractivity contribution is 0.372. The molecule has 0 aromatic rings. The van der Waals surface area contributed by atoms with Gasteiger partial charge in [0.25, 0.3) is 0 Å². The lowest BCUT2D eigenvalue weighted by Crippen LogP contribution is -2.53. The van der Waals surface area contributed by atoms with Gasteiger partial charge in [0.1, 0.15) is 27.4 Å². The van der Waals surface area contributed by atoms with Crippen LogP contribution in [-0.4, -0.2) is 29.4 Å². The largest absolute Gasteiger partial charge is 0.450 e.